The van der Waals surface area contributed by atoms with Crippen LogP contribution in [0, 0.1) is 6.92 Å². The Hall–Kier alpha value is -1.67. The number of carbonyl (C=O) groups excluding carboxylic acids is 1. The van der Waals surface area contributed by atoms with E-state index in [4.69, 9.17) is 11.6 Å². The first-order chi connectivity index (χ1) is 7.66. The number of hydrogen-bond acceptors (Lipinski definition) is 2. The van der Waals surface area contributed by atoms with Crippen molar-refractivity contribution >= 4 is 17.4 Å². The maximum Gasteiger partial charge on any atom is 0.193 e. The van der Waals surface area contributed by atoms with Gasteiger partial charge in [-0.1, -0.05) is 35.4 Å². The van der Waals surface area contributed by atoms with E-state index in [1.165, 1.54) is 6.20 Å². The zero-order valence-electron chi connectivity index (χ0n) is 8.77. The molecule has 0 saturated heterocycles. The van der Waals surface area contributed by atoms with E-state index in [2.05, 4.69) is 4.98 Å². The lowest BCUT2D eigenvalue weighted by atomic mass is 10.0. The summed E-state index contributed by atoms with van der Waals surface area (Å²) >= 11 is 5.74. The van der Waals surface area contributed by atoms with Crippen LogP contribution in [0.2, 0.25) is 5.15 Å². The predicted molar refractivity (Wildman–Crippen MR) is 63.9 cm³/mol. The Morgan fingerprint density at radius 1 is 1.19 bits per heavy atom. The fraction of sp³-hybridized carbons (Fsp3) is 0.0769. The summed E-state index contributed by atoms with van der Waals surface area (Å²) in [7, 11) is 0. The third kappa shape index (κ3) is 2.28. The summed E-state index contributed by atoms with van der Waals surface area (Å²) < 4.78 is 0. The van der Waals surface area contributed by atoms with Crippen LogP contribution in [-0.2, 0) is 0 Å². The number of aryl methyl sites for hydroxylation is 1. The Labute approximate surface area is 98.9 Å². The number of hydrogen-bond donors (Lipinski definition) is 0. The lowest BCUT2D eigenvalue weighted by molar-refractivity contribution is 0.103. The molecule has 0 bridgehead atoms. The van der Waals surface area contributed by atoms with Crippen LogP contribution in [0.15, 0.2) is 42.6 Å². The van der Waals surface area contributed by atoms with Crippen LogP contribution in [0.1, 0.15) is 21.5 Å². The van der Waals surface area contributed by atoms with Crippen molar-refractivity contribution in [2.75, 3.05) is 0 Å². The minimum absolute atomic E-state index is 0.0343. The molecule has 0 aliphatic rings. The fourth-order valence-corrected chi connectivity index (χ4v) is 1.67. The van der Waals surface area contributed by atoms with E-state index in [0.717, 1.165) is 5.56 Å². The molecule has 1 heterocycles. The molecular weight excluding hydrogens is 222 g/mol. The Bertz CT molecular complexity index is 489. The maximum absolute atomic E-state index is 12.1. The molecule has 0 atom stereocenters. The average Bonchev–Trinajstić information content (AvgIpc) is 2.28. The summed E-state index contributed by atoms with van der Waals surface area (Å²) in [5.41, 5.74) is 2.29. The minimum atomic E-state index is -0.0343. The van der Waals surface area contributed by atoms with Gasteiger partial charge in [0.1, 0.15) is 5.15 Å². The van der Waals surface area contributed by atoms with Crippen LogP contribution >= 0.6 is 11.6 Å². The lowest BCUT2D eigenvalue weighted by Gasteiger charge is -2.02. The van der Waals surface area contributed by atoms with Gasteiger partial charge in [0.05, 0.1) is 0 Å². The van der Waals surface area contributed by atoms with Crippen LogP contribution in [-0.4, -0.2) is 10.8 Å². The van der Waals surface area contributed by atoms with Crippen molar-refractivity contribution in [3.8, 4) is 0 Å². The smallest absolute Gasteiger partial charge is 0.193 e. The fourth-order valence-electron chi connectivity index (χ4n) is 1.50. The van der Waals surface area contributed by atoms with Crippen LogP contribution in [0.4, 0.5) is 0 Å². The molecule has 0 amide bonds. The van der Waals surface area contributed by atoms with Gasteiger partial charge in [-0.05, 0) is 25.1 Å². The molecular formula is C13H10ClNO. The van der Waals surface area contributed by atoms with E-state index in [0.29, 0.717) is 16.3 Å². The topological polar surface area (TPSA) is 30.0 Å². The van der Waals surface area contributed by atoms with Crippen LogP contribution in [0.3, 0.4) is 0 Å². The second-order valence-corrected chi connectivity index (χ2v) is 3.95. The molecule has 0 spiro atoms. The SMILES string of the molecule is Cc1cccc(C(=O)c2ccnc(Cl)c2)c1. The zero-order chi connectivity index (χ0) is 11.5. The van der Waals surface area contributed by atoms with Crippen molar-refractivity contribution in [3.05, 3.63) is 64.4 Å². The highest BCUT2D eigenvalue weighted by atomic mass is 35.5. The minimum Gasteiger partial charge on any atom is -0.289 e. The normalized spacial score (nSPS) is 10.1. The number of pyridine rings is 1. The third-order valence-corrected chi connectivity index (χ3v) is 2.48. The summed E-state index contributed by atoms with van der Waals surface area (Å²) in [6, 6.07) is 10.7. The van der Waals surface area contributed by atoms with E-state index in [1.807, 2.05) is 25.1 Å². The molecule has 3 heteroatoms. The Kier molecular flexibility index (Phi) is 3.02. The molecule has 0 unspecified atom stereocenters. The van der Waals surface area contributed by atoms with Gasteiger partial charge in [-0.3, -0.25) is 4.79 Å². The molecule has 0 saturated carbocycles. The van der Waals surface area contributed by atoms with Crippen LogP contribution < -0.4 is 0 Å². The van der Waals surface area contributed by atoms with Crippen molar-refractivity contribution in [2.24, 2.45) is 0 Å². The number of nitrogens with zero attached hydrogens (tertiary/aromatic N) is 1. The number of halogens is 1. The summed E-state index contributed by atoms with van der Waals surface area (Å²) in [4.78, 5) is 15.9. The highest BCUT2D eigenvalue weighted by molar-refractivity contribution is 6.29. The molecule has 16 heavy (non-hydrogen) atoms. The molecule has 0 N–H and O–H groups in total. The Morgan fingerprint density at radius 2 is 1.94 bits per heavy atom. The number of carbonyl (C=O) groups is 1. The Balaban J connectivity index is 2.39. The second kappa shape index (κ2) is 4.45. The molecule has 2 aromatic rings. The molecule has 0 fully saturated rings. The first-order valence-electron chi connectivity index (χ1n) is 4.90. The van der Waals surface area contributed by atoms with Crippen LogP contribution in [0.5, 0.6) is 0 Å². The molecule has 2 nitrogen and oxygen atoms in total. The van der Waals surface area contributed by atoms with Gasteiger partial charge in [-0.25, -0.2) is 4.98 Å². The molecule has 80 valence electrons. The highest BCUT2D eigenvalue weighted by Gasteiger charge is 2.09. The summed E-state index contributed by atoms with van der Waals surface area (Å²) in [5, 5.41) is 0.332. The predicted octanol–water partition coefficient (Wildman–Crippen LogP) is 3.27. The highest BCUT2D eigenvalue weighted by Crippen LogP contribution is 2.13. The van der Waals surface area contributed by atoms with Gasteiger partial charge in [0.15, 0.2) is 5.78 Å². The van der Waals surface area contributed by atoms with Crippen molar-refractivity contribution in [3.63, 3.8) is 0 Å². The number of aromatic nitrogens is 1. The van der Waals surface area contributed by atoms with E-state index in [9.17, 15) is 4.79 Å². The molecule has 0 radical (unpaired) electrons. The van der Waals surface area contributed by atoms with Crippen molar-refractivity contribution in [1.82, 2.24) is 4.98 Å². The molecule has 1 aromatic heterocycles. The first kappa shape index (κ1) is 10.8. The van der Waals surface area contributed by atoms with E-state index in [1.54, 1.807) is 18.2 Å². The lowest BCUT2D eigenvalue weighted by Crippen LogP contribution is -2.01. The van der Waals surface area contributed by atoms with Gasteiger partial charge in [-0.15, -0.1) is 0 Å². The summed E-state index contributed by atoms with van der Waals surface area (Å²) in [5.74, 6) is -0.0343. The largest absolute Gasteiger partial charge is 0.289 e. The van der Waals surface area contributed by atoms with Gasteiger partial charge in [-0.2, -0.15) is 0 Å². The molecule has 0 aliphatic heterocycles. The summed E-state index contributed by atoms with van der Waals surface area (Å²) in [6.45, 7) is 1.95. The van der Waals surface area contributed by atoms with Crippen molar-refractivity contribution in [2.45, 2.75) is 6.92 Å². The first-order valence-corrected chi connectivity index (χ1v) is 5.27. The van der Waals surface area contributed by atoms with Gasteiger partial charge in [0.2, 0.25) is 0 Å². The molecule has 2 rings (SSSR count). The Morgan fingerprint density at radius 3 is 2.62 bits per heavy atom. The molecule has 1 aromatic carbocycles. The monoisotopic (exact) mass is 231 g/mol. The van der Waals surface area contributed by atoms with Gasteiger partial charge in [0.25, 0.3) is 0 Å². The van der Waals surface area contributed by atoms with Gasteiger partial charge < -0.3 is 0 Å². The second-order valence-electron chi connectivity index (χ2n) is 3.57. The van der Waals surface area contributed by atoms with E-state index < -0.39 is 0 Å². The van der Waals surface area contributed by atoms with E-state index in [-0.39, 0.29) is 5.78 Å². The number of rotatable bonds is 2. The quantitative estimate of drug-likeness (QED) is 0.587. The number of ketones is 1. The number of benzene rings is 1. The standard InChI is InChI=1S/C13H10ClNO/c1-9-3-2-4-10(7-9)13(16)11-5-6-15-12(14)8-11/h2-8H,1H3. The zero-order valence-corrected chi connectivity index (χ0v) is 9.53. The summed E-state index contributed by atoms with van der Waals surface area (Å²) in [6.07, 6.45) is 1.53. The van der Waals surface area contributed by atoms with Gasteiger partial charge >= 0.3 is 0 Å². The van der Waals surface area contributed by atoms with E-state index >= 15 is 0 Å². The molecule has 0 aliphatic carbocycles. The third-order valence-electron chi connectivity index (χ3n) is 2.27. The van der Waals surface area contributed by atoms with Crippen molar-refractivity contribution in [1.29, 1.82) is 0 Å². The van der Waals surface area contributed by atoms with Crippen LogP contribution in [0.25, 0.3) is 0 Å². The average molecular weight is 232 g/mol. The van der Waals surface area contributed by atoms with Gasteiger partial charge in [0, 0.05) is 17.3 Å². The van der Waals surface area contributed by atoms with Crippen molar-refractivity contribution < 1.29 is 4.79 Å². The maximum atomic E-state index is 12.1.